The first-order valence-electron chi connectivity index (χ1n) is 6.29. The normalized spacial score (nSPS) is 16.9. The minimum Gasteiger partial charge on any atom is -0.362 e. The van der Waals surface area contributed by atoms with Crippen LogP contribution in [0.3, 0.4) is 0 Å². The lowest BCUT2D eigenvalue weighted by molar-refractivity contribution is -0.122. The molecule has 2 rings (SSSR count). The van der Waals surface area contributed by atoms with Gasteiger partial charge in [0.25, 0.3) is 0 Å². The van der Waals surface area contributed by atoms with Crippen molar-refractivity contribution in [2.45, 2.75) is 12.8 Å². The fraction of sp³-hybridized carbons (Fsp3) is 0.308. The van der Waals surface area contributed by atoms with Crippen molar-refractivity contribution in [3.05, 3.63) is 29.3 Å². The van der Waals surface area contributed by atoms with Gasteiger partial charge >= 0.3 is 0 Å². The molecule has 0 aliphatic carbocycles. The third kappa shape index (κ3) is 4.18. The maximum absolute atomic E-state index is 11.3. The van der Waals surface area contributed by atoms with E-state index in [0.717, 1.165) is 18.5 Å². The molecule has 1 aromatic carbocycles. The van der Waals surface area contributed by atoms with Gasteiger partial charge in [-0.25, -0.2) is 5.43 Å². The summed E-state index contributed by atoms with van der Waals surface area (Å²) >= 11 is 11.2. The van der Waals surface area contributed by atoms with Gasteiger partial charge in [-0.3, -0.25) is 4.79 Å². The lowest BCUT2D eigenvalue weighted by Gasteiger charge is -2.12. The number of nitrogens with one attached hydrogen (secondary N) is 3. The largest absolute Gasteiger partial charge is 0.362 e. The fourth-order valence-corrected chi connectivity index (χ4v) is 2.20. The van der Waals surface area contributed by atoms with Crippen molar-refractivity contribution < 1.29 is 4.79 Å². The van der Waals surface area contributed by atoms with Crippen molar-refractivity contribution in [3.8, 4) is 0 Å². The zero-order chi connectivity index (χ0) is 14.4. The highest BCUT2D eigenvalue weighted by molar-refractivity contribution is 7.80. The Hall–Kier alpha value is -1.66. The van der Waals surface area contributed by atoms with Crippen LogP contribution in [0.2, 0.25) is 5.02 Å². The zero-order valence-electron chi connectivity index (χ0n) is 10.7. The summed E-state index contributed by atoms with van der Waals surface area (Å²) in [6.07, 6.45) is 3.22. The molecule has 1 unspecified atom stereocenters. The van der Waals surface area contributed by atoms with Gasteiger partial charge in [0.2, 0.25) is 5.91 Å². The number of nitrogens with zero attached hydrogens (tertiary/aromatic N) is 1. The summed E-state index contributed by atoms with van der Waals surface area (Å²) in [5, 5.41) is 11.0. The number of halogens is 1. The molecule has 0 saturated heterocycles. The average molecular weight is 311 g/mol. The molecular formula is C13H15ClN4OS. The molecule has 1 amide bonds. The van der Waals surface area contributed by atoms with Crippen LogP contribution in [-0.4, -0.2) is 23.8 Å². The Morgan fingerprint density at radius 2 is 2.25 bits per heavy atom. The number of hydrazone groups is 1. The highest BCUT2D eigenvalue weighted by Crippen LogP contribution is 2.20. The molecule has 0 fully saturated rings. The molecule has 3 N–H and O–H groups in total. The molecule has 0 spiro atoms. The first-order valence-corrected chi connectivity index (χ1v) is 7.08. The number of carbonyl (C=O) groups is 1. The summed E-state index contributed by atoms with van der Waals surface area (Å²) in [6, 6.07) is 7.40. The number of amides is 1. The molecule has 1 aliphatic rings. The third-order valence-corrected chi connectivity index (χ3v) is 3.44. The summed E-state index contributed by atoms with van der Waals surface area (Å²) in [6.45, 7) is 0.688. The standard InChI is InChI=1S/C13H15ClN4OS/c14-10-5-1-2-6-11(10)17-13(20)15-7-3-4-9-8-16-18-12(9)19/h1-2,5-6,8-9H,3-4,7H2,(H,18,19)(H2,15,17,20). The number of hydrogen-bond donors (Lipinski definition) is 3. The predicted octanol–water partition coefficient (Wildman–Crippen LogP) is 2.14. The molecule has 0 saturated carbocycles. The number of para-hydroxylation sites is 1. The van der Waals surface area contributed by atoms with Crippen LogP contribution in [0.15, 0.2) is 29.4 Å². The first-order chi connectivity index (χ1) is 9.66. The van der Waals surface area contributed by atoms with E-state index in [0.29, 0.717) is 16.7 Å². The fourth-order valence-electron chi connectivity index (χ4n) is 1.80. The molecule has 106 valence electrons. The van der Waals surface area contributed by atoms with Gasteiger partial charge in [0.15, 0.2) is 5.11 Å². The summed E-state index contributed by atoms with van der Waals surface area (Å²) < 4.78 is 0. The first kappa shape index (κ1) is 14.7. The monoisotopic (exact) mass is 310 g/mol. The molecular weight excluding hydrogens is 296 g/mol. The predicted molar refractivity (Wildman–Crippen MR) is 85.0 cm³/mol. The molecule has 5 nitrogen and oxygen atoms in total. The molecule has 0 bridgehead atoms. The Bertz CT molecular complexity index is 535. The van der Waals surface area contributed by atoms with E-state index >= 15 is 0 Å². The van der Waals surface area contributed by atoms with Gasteiger partial charge in [-0.15, -0.1) is 0 Å². The Morgan fingerprint density at radius 1 is 1.45 bits per heavy atom. The van der Waals surface area contributed by atoms with Crippen LogP contribution in [0.25, 0.3) is 0 Å². The third-order valence-electron chi connectivity index (χ3n) is 2.87. The molecule has 1 aromatic rings. The number of anilines is 1. The number of rotatable bonds is 5. The second-order valence-corrected chi connectivity index (χ2v) is 5.18. The Balaban J connectivity index is 1.67. The molecule has 1 heterocycles. The maximum Gasteiger partial charge on any atom is 0.248 e. The second kappa shape index (κ2) is 7.21. The topological polar surface area (TPSA) is 65.5 Å². The van der Waals surface area contributed by atoms with E-state index in [2.05, 4.69) is 21.2 Å². The van der Waals surface area contributed by atoms with E-state index < -0.39 is 0 Å². The van der Waals surface area contributed by atoms with Crippen molar-refractivity contribution in [2.24, 2.45) is 11.0 Å². The van der Waals surface area contributed by atoms with Crippen LogP contribution < -0.4 is 16.1 Å². The number of carbonyl (C=O) groups excluding carboxylic acids is 1. The minimum absolute atomic E-state index is 0.0400. The van der Waals surface area contributed by atoms with Gasteiger partial charge < -0.3 is 10.6 Å². The van der Waals surface area contributed by atoms with E-state index in [4.69, 9.17) is 23.8 Å². The van der Waals surface area contributed by atoms with Crippen LogP contribution >= 0.6 is 23.8 Å². The van der Waals surface area contributed by atoms with Gasteiger partial charge in [0.05, 0.1) is 16.6 Å². The van der Waals surface area contributed by atoms with Crippen LogP contribution in [0.1, 0.15) is 12.8 Å². The maximum atomic E-state index is 11.3. The molecule has 1 atom stereocenters. The lowest BCUT2D eigenvalue weighted by Crippen LogP contribution is -2.30. The minimum atomic E-state index is -0.123. The van der Waals surface area contributed by atoms with Gasteiger partial charge in [0, 0.05) is 12.8 Å². The number of hydrogen-bond acceptors (Lipinski definition) is 3. The van der Waals surface area contributed by atoms with E-state index in [1.165, 1.54) is 0 Å². The smallest absolute Gasteiger partial charge is 0.248 e. The van der Waals surface area contributed by atoms with Crippen molar-refractivity contribution in [3.63, 3.8) is 0 Å². The number of thiocarbonyl (C=S) groups is 1. The van der Waals surface area contributed by atoms with Crippen LogP contribution in [0.4, 0.5) is 5.69 Å². The van der Waals surface area contributed by atoms with Gasteiger partial charge in [-0.1, -0.05) is 23.7 Å². The van der Waals surface area contributed by atoms with Crippen LogP contribution in [0.5, 0.6) is 0 Å². The van der Waals surface area contributed by atoms with E-state index in [-0.39, 0.29) is 11.8 Å². The van der Waals surface area contributed by atoms with Crippen molar-refractivity contribution >= 4 is 46.7 Å². The Labute approximate surface area is 127 Å². The summed E-state index contributed by atoms with van der Waals surface area (Å²) in [4.78, 5) is 11.3. The van der Waals surface area contributed by atoms with Gasteiger partial charge in [-0.05, 0) is 37.2 Å². The SMILES string of the molecule is O=C1NN=CC1CCCNC(=S)Nc1ccccc1Cl. The van der Waals surface area contributed by atoms with Crippen LogP contribution in [0, 0.1) is 5.92 Å². The highest BCUT2D eigenvalue weighted by Gasteiger charge is 2.19. The Kier molecular flexibility index (Phi) is 5.31. The average Bonchev–Trinajstić information content (AvgIpc) is 2.83. The van der Waals surface area contributed by atoms with Gasteiger partial charge in [0.1, 0.15) is 0 Å². The Morgan fingerprint density at radius 3 is 2.95 bits per heavy atom. The molecule has 1 aliphatic heterocycles. The summed E-state index contributed by atoms with van der Waals surface area (Å²) in [5.41, 5.74) is 3.19. The zero-order valence-corrected chi connectivity index (χ0v) is 12.3. The van der Waals surface area contributed by atoms with Crippen molar-refractivity contribution in [1.82, 2.24) is 10.7 Å². The quantitative estimate of drug-likeness (QED) is 0.576. The number of benzene rings is 1. The molecule has 20 heavy (non-hydrogen) atoms. The van der Waals surface area contributed by atoms with E-state index in [1.54, 1.807) is 12.3 Å². The van der Waals surface area contributed by atoms with Crippen molar-refractivity contribution in [2.75, 3.05) is 11.9 Å². The van der Waals surface area contributed by atoms with Crippen LogP contribution in [-0.2, 0) is 4.79 Å². The second-order valence-electron chi connectivity index (χ2n) is 4.36. The van der Waals surface area contributed by atoms with Gasteiger partial charge in [-0.2, -0.15) is 5.10 Å². The van der Waals surface area contributed by atoms with E-state index in [9.17, 15) is 4.79 Å². The molecule has 0 radical (unpaired) electrons. The summed E-state index contributed by atoms with van der Waals surface area (Å²) in [5.74, 6) is -0.163. The molecule has 7 heteroatoms. The highest BCUT2D eigenvalue weighted by atomic mass is 35.5. The lowest BCUT2D eigenvalue weighted by atomic mass is 10.1. The molecule has 0 aromatic heterocycles. The van der Waals surface area contributed by atoms with Crippen molar-refractivity contribution in [1.29, 1.82) is 0 Å². The summed E-state index contributed by atoms with van der Waals surface area (Å²) in [7, 11) is 0. The van der Waals surface area contributed by atoms with E-state index in [1.807, 2.05) is 18.2 Å².